The third-order valence-electron chi connectivity index (χ3n) is 1.64. The zero-order chi connectivity index (χ0) is 11.4. The molecule has 0 unspecified atom stereocenters. The van der Waals surface area contributed by atoms with Crippen LogP contribution in [-0.4, -0.2) is 17.1 Å². The zero-order valence-corrected chi connectivity index (χ0v) is 8.67. The quantitative estimate of drug-likeness (QED) is 0.535. The van der Waals surface area contributed by atoms with Crippen molar-refractivity contribution >= 4 is 28.7 Å². The van der Waals surface area contributed by atoms with Crippen molar-refractivity contribution in [3.63, 3.8) is 0 Å². The van der Waals surface area contributed by atoms with Gasteiger partial charge in [-0.05, 0) is 23.7 Å². The number of fused-ring (bicyclic) bond motifs is 1. The van der Waals surface area contributed by atoms with Crippen LogP contribution in [0.3, 0.4) is 0 Å². The van der Waals surface area contributed by atoms with Gasteiger partial charge in [-0.15, -0.1) is 0 Å². The van der Waals surface area contributed by atoms with Crippen molar-refractivity contribution in [2.45, 2.75) is 6.92 Å². The van der Waals surface area contributed by atoms with Gasteiger partial charge in [-0.25, -0.2) is 0 Å². The number of carbonyl (C=O) groups is 3. The number of benzene rings is 1. The van der Waals surface area contributed by atoms with E-state index in [0.29, 0.717) is 11.1 Å². The fraction of sp³-hybridized carbons (Fsp3) is 0.100. The van der Waals surface area contributed by atoms with Crippen LogP contribution in [0, 0.1) is 0 Å². The number of hydrogen-bond acceptors (Lipinski definition) is 3. The minimum atomic E-state index is -0.361. The van der Waals surface area contributed by atoms with Crippen LogP contribution in [0.4, 0.5) is 0 Å². The Kier molecular flexibility index (Phi) is 3.57. The summed E-state index contributed by atoms with van der Waals surface area (Å²) in [5.74, 6) is -0.601. The predicted octanol–water partition coefficient (Wildman–Crippen LogP) is 1.34. The fourth-order valence-electron chi connectivity index (χ4n) is 1.12. The Balaban J connectivity index is 0.000000245. The Morgan fingerprint density at radius 3 is 1.80 bits per heavy atom. The van der Waals surface area contributed by atoms with E-state index in [1.54, 1.807) is 24.3 Å². The van der Waals surface area contributed by atoms with E-state index in [4.69, 9.17) is 0 Å². The molecular weight excluding hydrogens is 218 g/mol. The molecular formula is C10H8ClNO3. The van der Waals surface area contributed by atoms with Gasteiger partial charge in [0.2, 0.25) is 5.24 Å². The average Bonchev–Trinajstić information content (AvgIpc) is 2.43. The maximum atomic E-state index is 10.9. The van der Waals surface area contributed by atoms with Gasteiger partial charge in [-0.1, -0.05) is 12.1 Å². The highest BCUT2D eigenvalue weighted by Crippen LogP contribution is 2.13. The summed E-state index contributed by atoms with van der Waals surface area (Å²) < 4.78 is 0. The lowest BCUT2D eigenvalue weighted by atomic mass is 10.1. The lowest BCUT2D eigenvalue weighted by Crippen LogP contribution is -2.19. The molecule has 0 atom stereocenters. The summed E-state index contributed by atoms with van der Waals surface area (Å²) in [6.07, 6.45) is 0. The highest BCUT2D eigenvalue weighted by atomic mass is 35.5. The highest BCUT2D eigenvalue weighted by molar-refractivity contribution is 6.62. The molecule has 1 N–H and O–H groups in total. The Labute approximate surface area is 91.2 Å². The normalized spacial score (nSPS) is 12.4. The molecule has 1 aromatic rings. The number of halogens is 1. The first kappa shape index (κ1) is 11.4. The summed E-state index contributed by atoms with van der Waals surface area (Å²) >= 11 is 4.64. The van der Waals surface area contributed by atoms with Gasteiger partial charge < -0.3 is 0 Å². The molecule has 0 aromatic heterocycles. The second-order valence-corrected chi connectivity index (χ2v) is 3.33. The molecule has 5 heteroatoms. The summed E-state index contributed by atoms with van der Waals surface area (Å²) in [5.41, 5.74) is 0.940. The van der Waals surface area contributed by atoms with Crippen LogP contribution in [-0.2, 0) is 4.79 Å². The molecule has 4 nitrogen and oxygen atoms in total. The molecule has 0 aliphatic carbocycles. The maximum Gasteiger partial charge on any atom is 0.258 e. The third kappa shape index (κ3) is 2.89. The average molecular weight is 226 g/mol. The number of carbonyl (C=O) groups excluding carboxylic acids is 3. The van der Waals surface area contributed by atoms with E-state index in [9.17, 15) is 14.4 Å². The van der Waals surface area contributed by atoms with Gasteiger partial charge in [-0.2, -0.15) is 0 Å². The minimum Gasteiger partial charge on any atom is -0.288 e. The molecule has 0 saturated heterocycles. The molecule has 2 amide bonds. The van der Waals surface area contributed by atoms with Crippen molar-refractivity contribution in [1.29, 1.82) is 0 Å². The Bertz CT molecular complexity index is 391. The lowest BCUT2D eigenvalue weighted by Gasteiger charge is -1.88. The fourth-order valence-corrected chi connectivity index (χ4v) is 1.12. The number of rotatable bonds is 0. The molecule has 0 radical (unpaired) electrons. The van der Waals surface area contributed by atoms with Crippen molar-refractivity contribution in [1.82, 2.24) is 5.32 Å². The van der Waals surface area contributed by atoms with E-state index in [0.717, 1.165) is 0 Å². The summed E-state index contributed by atoms with van der Waals surface area (Å²) in [6, 6.07) is 6.74. The number of imide groups is 1. The van der Waals surface area contributed by atoms with Gasteiger partial charge in [0.25, 0.3) is 11.8 Å². The number of amides is 2. The Hall–Kier alpha value is -1.68. The molecule has 1 aliphatic heterocycles. The van der Waals surface area contributed by atoms with Crippen molar-refractivity contribution < 1.29 is 14.4 Å². The van der Waals surface area contributed by atoms with Crippen LogP contribution >= 0.6 is 11.6 Å². The molecule has 15 heavy (non-hydrogen) atoms. The topological polar surface area (TPSA) is 63.2 Å². The number of nitrogens with one attached hydrogen (secondary N) is 1. The van der Waals surface area contributed by atoms with E-state index >= 15 is 0 Å². The minimum absolute atomic E-state index is 0.300. The standard InChI is InChI=1S/C8H5NO2.C2H3ClO/c10-7-5-3-1-2-4-6(5)8(11)9-7;1-2(3)4/h1-4H,(H,9,10,11);1H3. The first-order valence-electron chi connectivity index (χ1n) is 4.13. The molecule has 2 rings (SSSR count). The van der Waals surface area contributed by atoms with Gasteiger partial charge in [0.15, 0.2) is 0 Å². The lowest BCUT2D eigenvalue weighted by molar-refractivity contribution is -0.109. The largest absolute Gasteiger partial charge is 0.288 e. The third-order valence-corrected chi connectivity index (χ3v) is 1.64. The van der Waals surface area contributed by atoms with Crippen molar-refractivity contribution in [3.8, 4) is 0 Å². The second-order valence-electron chi connectivity index (χ2n) is 2.80. The van der Waals surface area contributed by atoms with E-state index < -0.39 is 0 Å². The Morgan fingerprint density at radius 2 is 1.47 bits per heavy atom. The first-order valence-corrected chi connectivity index (χ1v) is 4.51. The predicted molar refractivity (Wildman–Crippen MR) is 54.8 cm³/mol. The van der Waals surface area contributed by atoms with Gasteiger partial charge in [0.05, 0.1) is 11.1 Å². The molecule has 1 aliphatic rings. The molecule has 0 bridgehead atoms. The van der Waals surface area contributed by atoms with Crippen LogP contribution < -0.4 is 5.32 Å². The summed E-state index contributed by atoms with van der Waals surface area (Å²) in [5, 5.41) is 1.84. The van der Waals surface area contributed by atoms with Crippen LogP contribution in [0.1, 0.15) is 27.6 Å². The summed E-state index contributed by atoms with van der Waals surface area (Å²) in [7, 11) is 0. The van der Waals surface area contributed by atoms with Gasteiger partial charge in [0.1, 0.15) is 0 Å². The molecule has 1 heterocycles. The van der Waals surface area contributed by atoms with Crippen LogP contribution in [0.2, 0.25) is 0 Å². The molecule has 78 valence electrons. The molecule has 0 saturated carbocycles. The molecule has 0 fully saturated rings. The van der Waals surface area contributed by atoms with Crippen LogP contribution in [0.25, 0.3) is 0 Å². The van der Waals surface area contributed by atoms with E-state index in [1.165, 1.54) is 6.92 Å². The van der Waals surface area contributed by atoms with E-state index in [1.807, 2.05) is 0 Å². The van der Waals surface area contributed by atoms with Crippen LogP contribution in [0.15, 0.2) is 24.3 Å². The van der Waals surface area contributed by atoms with E-state index in [2.05, 4.69) is 16.9 Å². The van der Waals surface area contributed by atoms with Crippen molar-refractivity contribution in [2.24, 2.45) is 0 Å². The zero-order valence-electron chi connectivity index (χ0n) is 7.91. The first-order chi connectivity index (χ1) is 7.02. The Morgan fingerprint density at radius 1 is 1.13 bits per heavy atom. The summed E-state index contributed by atoms with van der Waals surface area (Å²) in [6.45, 7) is 1.29. The van der Waals surface area contributed by atoms with Gasteiger partial charge >= 0.3 is 0 Å². The SMILES string of the molecule is CC(=O)Cl.O=C1NC(=O)c2ccccc21. The second kappa shape index (κ2) is 4.70. The van der Waals surface area contributed by atoms with Gasteiger partial charge in [0, 0.05) is 6.92 Å². The summed E-state index contributed by atoms with van der Waals surface area (Å²) in [4.78, 5) is 31.1. The molecule has 0 spiro atoms. The molecule has 1 aromatic carbocycles. The monoisotopic (exact) mass is 225 g/mol. The van der Waals surface area contributed by atoms with E-state index in [-0.39, 0.29) is 17.1 Å². The van der Waals surface area contributed by atoms with Crippen LogP contribution in [0.5, 0.6) is 0 Å². The highest BCUT2D eigenvalue weighted by Gasteiger charge is 2.25. The van der Waals surface area contributed by atoms with Crippen molar-refractivity contribution in [3.05, 3.63) is 35.4 Å². The number of hydrogen-bond donors (Lipinski definition) is 1. The maximum absolute atomic E-state index is 10.9. The van der Waals surface area contributed by atoms with Crippen molar-refractivity contribution in [2.75, 3.05) is 0 Å². The van der Waals surface area contributed by atoms with Gasteiger partial charge in [-0.3, -0.25) is 19.7 Å². The smallest absolute Gasteiger partial charge is 0.258 e.